The molecule has 0 saturated carbocycles. The van der Waals surface area contributed by atoms with Crippen LogP contribution in [0.2, 0.25) is 0 Å². The van der Waals surface area contributed by atoms with Gasteiger partial charge in [0.05, 0.1) is 13.2 Å². The zero-order valence-corrected chi connectivity index (χ0v) is 33.5. The number of carbonyl (C=O) groups is 3. The second-order valence-electron chi connectivity index (χ2n) is 15.2. The molecular weight excluding hydrogens is 669 g/mol. The lowest BCUT2D eigenvalue weighted by molar-refractivity contribution is -0.121. The molecule has 0 spiro atoms. The molecule has 3 rings (SSSR count). The van der Waals surface area contributed by atoms with Gasteiger partial charge in [0.15, 0.2) is 5.78 Å². The van der Waals surface area contributed by atoms with Crippen LogP contribution in [0.25, 0.3) is 6.08 Å². The molecule has 2 aromatic rings. The minimum atomic E-state index is -0.189. The molecule has 0 aromatic heterocycles. The number of rotatable bonds is 23. The minimum absolute atomic E-state index is 0.0219. The van der Waals surface area contributed by atoms with Gasteiger partial charge in [-0.05, 0) is 110 Å². The van der Waals surface area contributed by atoms with Crippen molar-refractivity contribution in [2.75, 3.05) is 26.3 Å². The third-order valence-corrected chi connectivity index (χ3v) is 9.77. The fourth-order valence-electron chi connectivity index (χ4n) is 6.30. The number of fused-ring (bicyclic) bond motifs is 1. The lowest BCUT2D eigenvalue weighted by Gasteiger charge is -2.42. The van der Waals surface area contributed by atoms with Crippen LogP contribution in [0.4, 0.5) is 0 Å². The molecule has 1 aliphatic carbocycles. The molecule has 2 N–H and O–H groups in total. The number of benzene rings is 2. The normalized spacial score (nSPS) is 15.3. The molecule has 0 aliphatic heterocycles. The van der Waals surface area contributed by atoms with Gasteiger partial charge in [-0.3, -0.25) is 14.4 Å². The highest BCUT2D eigenvalue weighted by atomic mass is 16.5. The molecule has 6 nitrogen and oxygen atoms in total. The maximum Gasteiger partial charge on any atom is 0.251 e. The van der Waals surface area contributed by atoms with Gasteiger partial charge in [0.2, 0.25) is 5.91 Å². The fraction of sp³-hybridized carbons (Fsp3) is 0.438. The van der Waals surface area contributed by atoms with E-state index in [1.807, 2.05) is 18.2 Å². The number of ketones is 1. The smallest absolute Gasteiger partial charge is 0.251 e. The average Bonchev–Trinajstić information content (AvgIpc) is 3.16. The molecule has 0 unspecified atom stereocenters. The average molecular weight is 733 g/mol. The highest BCUT2D eigenvalue weighted by Crippen LogP contribution is 2.46. The summed E-state index contributed by atoms with van der Waals surface area (Å²) in [6.07, 6.45) is 34.5. The van der Waals surface area contributed by atoms with E-state index < -0.39 is 0 Å². The molecule has 290 valence electrons. The van der Waals surface area contributed by atoms with Crippen molar-refractivity contribution in [3.05, 3.63) is 137 Å². The zero-order valence-electron chi connectivity index (χ0n) is 33.5. The summed E-state index contributed by atoms with van der Waals surface area (Å²) in [5.41, 5.74) is 4.84. The first kappa shape index (κ1) is 43.9. The lowest BCUT2D eigenvalue weighted by Crippen LogP contribution is -2.34. The summed E-state index contributed by atoms with van der Waals surface area (Å²) >= 11 is 0. The van der Waals surface area contributed by atoms with Crippen LogP contribution in [-0.4, -0.2) is 43.9 Å². The molecule has 0 radical (unpaired) electrons. The predicted molar refractivity (Wildman–Crippen MR) is 226 cm³/mol. The molecular formula is C48H64N2O4. The molecule has 54 heavy (non-hydrogen) atoms. The number of allylic oxidation sites excluding steroid dienone is 11. The van der Waals surface area contributed by atoms with Crippen LogP contribution in [0.15, 0.2) is 109 Å². The largest absolute Gasteiger partial charge is 0.378 e. The molecule has 2 aromatic carbocycles. The number of carbonyl (C=O) groups excluding carboxylic acids is 3. The Morgan fingerprint density at radius 2 is 1.20 bits per heavy atom. The molecule has 6 heteroatoms. The van der Waals surface area contributed by atoms with Crippen LogP contribution in [-0.2, 0) is 20.4 Å². The lowest BCUT2D eigenvalue weighted by atomic mass is 9.63. The highest BCUT2D eigenvalue weighted by Gasteiger charge is 2.37. The number of unbranched alkanes of at least 4 members (excludes halogenated alkanes) is 1. The molecule has 0 atom stereocenters. The van der Waals surface area contributed by atoms with E-state index in [-0.39, 0.29) is 28.4 Å². The van der Waals surface area contributed by atoms with E-state index in [1.165, 1.54) is 11.1 Å². The summed E-state index contributed by atoms with van der Waals surface area (Å²) in [5.74, 6) is -0.199. The van der Waals surface area contributed by atoms with E-state index in [9.17, 15) is 14.4 Å². The van der Waals surface area contributed by atoms with E-state index >= 15 is 0 Å². The molecule has 0 saturated heterocycles. The van der Waals surface area contributed by atoms with Crippen LogP contribution in [0.5, 0.6) is 0 Å². The number of hydrogen-bond acceptors (Lipinski definition) is 4. The number of ether oxygens (including phenoxy) is 1. The molecule has 0 fully saturated rings. The number of hydrogen-bond donors (Lipinski definition) is 2. The summed E-state index contributed by atoms with van der Waals surface area (Å²) in [4.78, 5) is 37.7. The van der Waals surface area contributed by atoms with E-state index in [2.05, 4.69) is 118 Å². The van der Waals surface area contributed by atoms with Gasteiger partial charge < -0.3 is 15.4 Å². The van der Waals surface area contributed by atoms with Gasteiger partial charge in [-0.25, -0.2) is 0 Å². The van der Waals surface area contributed by atoms with Gasteiger partial charge in [0, 0.05) is 30.6 Å². The fourth-order valence-corrected chi connectivity index (χ4v) is 6.30. The van der Waals surface area contributed by atoms with Gasteiger partial charge >= 0.3 is 0 Å². The number of amides is 2. The van der Waals surface area contributed by atoms with Crippen molar-refractivity contribution < 1.29 is 19.1 Å². The quantitative estimate of drug-likeness (QED) is 0.0516. The topological polar surface area (TPSA) is 84.5 Å². The highest BCUT2D eigenvalue weighted by molar-refractivity contribution is 6.07. The van der Waals surface area contributed by atoms with Crippen molar-refractivity contribution in [2.24, 2.45) is 0 Å². The first-order valence-electron chi connectivity index (χ1n) is 19.9. The van der Waals surface area contributed by atoms with Crippen LogP contribution in [0.3, 0.4) is 0 Å². The van der Waals surface area contributed by atoms with E-state index in [0.29, 0.717) is 43.9 Å². The summed E-state index contributed by atoms with van der Waals surface area (Å²) in [6, 6.07) is 13.3. The Morgan fingerprint density at radius 3 is 1.81 bits per heavy atom. The van der Waals surface area contributed by atoms with Crippen LogP contribution in [0, 0.1) is 0 Å². The van der Waals surface area contributed by atoms with Crippen LogP contribution < -0.4 is 10.6 Å². The van der Waals surface area contributed by atoms with E-state index in [1.54, 1.807) is 24.3 Å². The Bertz CT molecular complexity index is 1650. The van der Waals surface area contributed by atoms with Crippen LogP contribution >= 0.6 is 0 Å². The summed E-state index contributed by atoms with van der Waals surface area (Å²) < 4.78 is 5.57. The second kappa shape index (κ2) is 24.0. The maximum absolute atomic E-state index is 13.1. The maximum atomic E-state index is 13.1. The van der Waals surface area contributed by atoms with Gasteiger partial charge in [-0.15, -0.1) is 0 Å². The third-order valence-electron chi connectivity index (χ3n) is 9.77. The zero-order chi connectivity index (χ0) is 39.1. The van der Waals surface area contributed by atoms with E-state index in [0.717, 1.165) is 63.4 Å². The Hall–Kier alpha value is -4.55. The van der Waals surface area contributed by atoms with Gasteiger partial charge in [0.1, 0.15) is 0 Å². The molecule has 0 heterocycles. The van der Waals surface area contributed by atoms with Crippen LogP contribution in [0.1, 0.15) is 136 Å². The molecule has 2 amide bonds. The molecule has 1 aliphatic rings. The second-order valence-corrected chi connectivity index (χ2v) is 15.2. The summed E-state index contributed by atoms with van der Waals surface area (Å²) in [6.45, 7) is 12.8. The third kappa shape index (κ3) is 16.2. The predicted octanol–water partition coefficient (Wildman–Crippen LogP) is 10.7. The van der Waals surface area contributed by atoms with E-state index in [4.69, 9.17) is 4.74 Å². The van der Waals surface area contributed by atoms with Crippen molar-refractivity contribution in [2.45, 2.75) is 110 Å². The minimum Gasteiger partial charge on any atom is -0.378 e. The summed E-state index contributed by atoms with van der Waals surface area (Å²) in [5, 5.41) is 5.75. The first-order chi connectivity index (χ1) is 26.0. The Morgan fingerprint density at radius 1 is 0.667 bits per heavy atom. The SMILES string of the molecule is CCC=CCC=CCC=CCC=CCC=CCCCC(=O)NCCOCCNC(=O)c1ccc(C=CC(=O)c2ccc3c(c2)C(C)(C)CCC3(C)C)cc1. The standard InChI is InChI=1S/C48H64N2O4/c1-6-7-8-9-10-11-12-13-14-15-16-17-18-19-20-21-22-23-45(52)49-34-36-54-37-35-50-46(53)40-27-24-39(25-28-40)26-31-44(51)41-29-30-42-43(38-41)48(4,5)33-32-47(42,2)3/h7-8,10-11,13-14,16-17,19-20,24-31,38H,6,9,12,15,18,21-23,32-37H2,1-5H3,(H,49,52)(H,50,53). The van der Waals surface area contributed by atoms with Crippen molar-refractivity contribution in [1.29, 1.82) is 0 Å². The Kier molecular flexibility index (Phi) is 19.5. The summed E-state index contributed by atoms with van der Waals surface area (Å²) in [7, 11) is 0. The van der Waals surface area contributed by atoms with Crippen molar-refractivity contribution in [3.8, 4) is 0 Å². The first-order valence-corrected chi connectivity index (χ1v) is 19.9. The van der Waals surface area contributed by atoms with Gasteiger partial charge in [-0.2, -0.15) is 0 Å². The van der Waals surface area contributed by atoms with Gasteiger partial charge in [-0.1, -0.05) is 126 Å². The van der Waals surface area contributed by atoms with Crippen molar-refractivity contribution in [1.82, 2.24) is 10.6 Å². The Labute approximate surface area is 325 Å². The van der Waals surface area contributed by atoms with Gasteiger partial charge in [0.25, 0.3) is 5.91 Å². The Balaban J connectivity index is 1.21. The number of nitrogens with one attached hydrogen (secondary N) is 2. The monoisotopic (exact) mass is 732 g/mol. The van der Waals surface area contributed by atoms with Crippen molar-refractivity contribution in [3.63, 3.8) is 0 Å². The van der Waals surface area contributed by atoms with Crippen molar-refractivity contribution >= 4 is 23.7 Å². The molecule has 0 bridgehead atoms.